The number of thiazole rings is 1. The Labute approximate surface area is 188 Å². The van der Waals surface area contributed by atoms with Gasteiger partial charge in [0.05, 0.1) is 11.2 Å². The lowest BCUT2D eigenvalue weighted by atomic mass is 9.97. The van der Waals surface area contributed by atoms with Gasteiger partial charge >= 0.3 is 6.03 Å². The Bertz CT molecular complexity index is 1250. The van der Waals surface area contributed by atoms with Gasteiger partial charge in [0.2, 0.25) is 0 Å². The van der Waals surface area contributed by atoms with Crippen molar-refractivity contribution in [1.29, 1.82) is 0 Å². The molecule has 0 radical (unpaired) electrons. The van der Waals surface area contributed by atoms with E-state index >= 15 is 0 Å². The summed E-state index contributed by atoms with van der Waals surface area (Å²) in [7, 11) is 0. The molecule has 2 bridgehead atoms. The minimum Gasteiger partial charge on any atom is -0.460 e. The second kappa shape index (κ2) is 7.75. The average Bonchev–Trinajstić information content (AvgIpc) is 3.41. The van der Waals surface area contributed by atoms with Crippen molar-refractivity contribution < 1.29 is 13.9 Å². The molecule has 6 rings (SSSR count). The number of aromatic nitrogens is 2. The van der Waals surface area contributed by atoms with Crippen LogP contribution in [-0.2, 0) is 6.54 Å². The smallest absolute Gasteiger partial charge is 0.312 e. The molecule has 0 aliphatic carbocycles. The number of rotatable bonds is 5. The van der Waals surface area contributed by atoms with Gasteiger partial charge in [0.25, 0.3) is 5.19 Å². The average molecular weight is 450 g/mol. The van der Waals surface area contributed by atoms with Gasteiger partial charge in [0.1, 0.15) is 17.1 Å². The van der Waals surface area contributed by atoms with Crippen LogP contribution in [0.25, 0.3) is 21.3 Å². The first-order valence-corrected chi connectivity index (χ1v) is 11.7. The molecule has 0 spiro atoms. The van der Waals surface area contributed by atoms with E-state index in [0.29, 0.717) is 28.7 Å². The number of nitrogens with two attached hydrogens (primary N) is 1. The van der Waals surface area contributed by atoms with Crippen molar-refractivity contribution in [2.24, 2.45) is 5.73 Å². The summed E-state index contributed by atoms with van der Waals surface area (Å²) in [4.78, 5) is 22.4. The number of fused-ring (bicyclic) bond motifs is 4. The van der Waals surface area contributed by atoms with Crippen molar-refractivity contribution in [1.82, 2.24) is 20.2 Å². The summed E-state index contributed by atoms with van der Waals surface area (Å²) >= 11 is 1.47. The minimum atomic E-state index is -0.430. The predicted molar refractivity (Wildman–Crippen MR) is 122 cm³/mol. The van der Waals surface area contributed by atoms with E-state index in [4.69, 9.17) is 14.9 Å². The number of nitrogens with one attached hydrogen (secondary N) is 1. The van der Waals surface area contributed by atoms with Gasteiger partial charge < -0.3 is 20.2 Å². The Balaban J connectivity index is 1.17. The Morgan fingerprint density at radius 2 is 2.09 bits per heavy atom. The fourth-order valence-electron chi connectivity index (χ4n) is 5.13. The number of ether oxygens (including phenoxy) is 1. The summed E-state index contributed by atoms with van der Waals surface area (Å²) < 4.78 is 13.1. The second-order valence-electron chi connectivity index (χ2n) is 8.55. The van der Waals surface area contributed by atoms with Crippen LogP contribution in [0.5, 0.6) is 10.9 Å². The highest BCUT2D eigenvalue weighted by Crippen LogP contribution is 2.38. The summed E-state index contributed by atoms with van der Waals surface area (Å²) in [5.74, 6) is 1.63. The molecule has 2 fully saturated rings. The molecule has 3 atom stereocenters. The van der Waals surface area contributed by atoms with Crippen molar-refractivity contribution in [2.45, 2.75) is 50.4 Å². The third kappa shape index (κ3) is 3.67. The number of pyridine rings is 1. The zero-order valence-corrected chi connectivity index (χ0v) is 18.2. The minimum absolute atomic E-state index is 0.175. The Kier molecular flexibility index (Phi) is 4.73. The third-order valence-corrected chi connectivity index (χ3v) is 7.35. The van der Waals surface area contributed by atoms with Crippen LogP contribution in [-0.4, -0.2) is 39.0 Å². The number of primary amides is 1. The normalized spacial score (nSPS) is 23.1. The molecule has 5 heterocycles. The highest BCUT2D eigenvalue weighted by Gasteiger charge is 2.41. The van der Waals surface area contributed by atoms with Gasteiger partial charge in [-0.3, -0.25) is 4.90 Å². The third-order valence-electron chi connectivity index (χ3n) is 6.46. The van der Waals surface area contributed by atoms with E-state index in [0.717, 1.165) is 53.7 Å². The SMILES string of the molecule is NC(=O)NC1C[C@H]2CC[C@@H](C1)N2Cc1cc2ccc(Oc3nc4ncccc4s3)cc2o1. The fourth-order valence-corrected chi connectivity index (χ4v) is 5.93. The number of benzene rings is 1. The summed E-state index contributed by atoms with van der Waals surface area (Å²) in [6.07, 6.45) is 5.91. The van der Waals surface area contributed by atoms with E-state index in [1.54, 1.807) is 6.20 Å². The highest BCUT2D eigenvalue weighted by molar-refractivity contribution is 7.20. The van der Waals surface area contributed by atoms with E-state index in [1.165, 1.54) is 11.3 Å². The van der Waals surface area contributed by atoms with Crippen molar-refractivity contribution in [3.8, 4) is 10.9 Å². The molecular weight excluding hydrogens is 426 g/mol. The van der Waals surface area contributed by atoms with E-state index < -0.39 is 6.03 Å². The molecule has 2 aliphatic heterocycles. The number of amides is 2. The number of carbonyl (C=O) groups excluding carboxylic acids is 1. The zero-order chi connectivity index (χ0) is 21.7. The number of furan rings is 1. The largest absolute Gasteiger partial charge is 0.460 e. The molecule has 8 nitrogen and oxygen atoms in total. The fraction of sp³-hybridized carbons (Fsp3) is 0.348. The van der Waals surface area contributed by atoms with Gasteiger partial charge in [-0.15, -0.1) is 0 Å². The predicted octanol–water partition coefficient (Wildman–Crippen LogP) is 4.39. The second-order valence-corrected chi connectivity index (χ2v) is 9.55. The van der Waals surface area contributed by atoms with Crippen molar-refractivity contribution in [2.75, 3.05) is 0 Å². The van der Waals surface area contributed by atoms with Crippen LogP contribution >= 0.6 is 11.3 Å². The topological polar surface area (TPSA) is 107 Å². The maximum absolute atomic E-state index is 11.2. The lowest BCUT2D eigenvalue weighted by Gasteiger charge is -2.38. The molecule has 1 aromatic carbocycles. The van der Waals surface area contributed by atoms with Crippen molar-refractivity contribution >= 4 is 38.7 Å². The molecule has 4 aromatic rings. The quantitative estimate of drug-likeness (QED) is 0.468. The van der Waals surface area contributed by atoms with Crippen LogP contribution in [0.15, 0.2) is 47.0 Å². The molecular formula is C23H23N5O3S. The number of hydrogen-bond acceptors (Lipinski definition) is 7. The van der Waals surface area contributed by atoms with Gasteiger partial charge in [0.15, 0.2) is 5.65 Å². The van der Waals surface area contributed by atoms with E-state index in [1.807, 2.05) is 30.3 Å². The molecule has 2 saturated heterocycles. The monoisotopic (exact) mass is 449 g/mol. The molecule has 0 saturated carbocycles. The van der Waals surface area contributed by atoms with Gasteiger partial charge in [0, 0.05) is 35.8 Å². The van der Waals surface area contributed by atoms with Gasteiger partial charge in [-0.2, -0.15) is 4.98 Å². The van der Waals surface area contributed by atoms with Crippen LogP contribution in [0.1, 0.15) is 31.4 Å². The number of hydrogen-bond donors (Lipinski definition) is 2. The van der Waals surface area contributed by atoms with Crippen molar-refractivity contribution in [3.63, 3.8) is 0 Å². The van der Waals surface area contributed by atoms with E-state index in [2.05, 4.69) is 26.3 Å². The molecule has 3 N–H and O–H groups in total. The molecule has 9 heteroatoms. The van der Waals surface area contributed by atoms with Gasteiger partial charge in [-0.05, 0) is 56.0 Å². The Morgan fingerprint density at radius 3 is 2.88 bits per heavy atom. The molecule has 164 valence electrons. The number of carbonyl (C=O) groups is 1. The van der Waals surface area contributed by atoms with E-state index in [9.17, 15) is 4.79 Å². The first kappa shape index (κ1) is 19.5. The molecule has 32 heavy (non-hydrogen) atoms. The highest BCUT2D eigenvalue weighted by atomic mass is 32.1. The first-order valence-electron chi connectivity index (χ1n) is 10.8. The van der Waals surface area contributed by atoms with Gasteiger partial charge in [-0.1, -0.05) is 11.3 Å². The maximum Gasteiger partial charge on any atom is 0.312 e. The summed E-state index contributed by atoms with van der Waals surface area (Å²) in [6, 6.07) is 12.5. The maximum atomic E-state index is 11.2. The lowest BCUT2D eigenvalue weighted by Crippen LogP contribution is -2.50. The van der Waals surface area contributed by atoms with Crippen LogP contribution in [0.4, 0.5) is 4.79 Å². The number of nitrogens with zero attached hydrogens (tertiary/aromatic N) is 3. The van der Waals surface area contributed by atoms with Crippen LogP contribution in [0.2, 0.25) is 0 Å². The number of urea groups is 1. The summed E-state index contributed by atoms with van der Waals surface area (Å²) in [5.41, 5.74) is 6.81. The Morgan fingerprint density at radius 1 is 1.25 bits per heavy atom. The van der Waals surface area contributed by atoms with Gasteiger partial charge in [-0.25, -0.2) is 9.78 Å². The molecule has 2 amide bonds. The first-order chi connectivity index (χ1) is 15.6. The number of piperidine rings is 1. The Hall–Kier alpha value is -3.17. The molecule has 2 aliphatic rings. The lowest BCUT2D eigenvalue weighted by molar-refractivity contribution is 0.104. The summed E-state index contributed by atoms with van der Waals surface area (Å²) in [6.45, 7) is 0.771. The molecule has 3 aromatic heterocycles. The van der Waals surface area contributed by atoms with E-state index in [-0.39, 0.29) is 6.04 Å². The van der Waals surface area contributed by atoms with Crippen LogP contribution < -0.4 is 15.8 Å². The van der Waals surface area contributed by atoms with Crippen molar-refractivity contribution in [3.05, 3.63) is 48.4 Å². The zero-order valence-electron chi connectivity index (χ0n) is 17.4. The summed E-state index contributed by atoms with van der Waals surface area (Å²) in [5, 5.41) is 4.51. The van der Waals surface area contributed by atoms with Crippen LogP contribution in [0.3, 0.4) is 0 Å². The molecule has 1 unspecified atom stereocenters. The van der Waals surface area contributed by atoms with Crippen LogP contribution in [0, 0.1) is 0 Å². The standard InChI is InChI=1S/C23H23N5O3S/c24-22(29)26-14-9-15-4-5-16(10-14)28(15)12-18-8-13-3-6-17(11-19(13)30-18)31-23-27-21-20(32-23)2-1-7-25-21/h1-3,6-8,11,14-16H,4-5,9-10,12H2,(H3,24,26,29)/t14?,15-,16+.